The number of hydrogen-bond acceptors (Lipinski definition) is 4. The lowest BCUT2D eigenvalue weighted by Crippen LogP contribution is -2.40. The van der Waals surface area contributed by atoms with Crippen LogP contribution >= 0.6 is 0 Å². The number of hydrogen-bond donors (Lipinski definition) is 0. The van der Waals surface area contributed by atoms with Crippen LogP contribution in [0.2, 0.25) is 0 Å². The van der Waals surface area contributed by atoms with E-state index in [1.807, 2.05) is 26.8 Å². The number of likely N-dealkylation sites (tertiary alicyclic amines) is 1. The van der Waals surface area contributed by atoms with Crippen LogP contribution < -0.4 is 4.90 Å². The summed E-state index contributed by atoms with van der Waals surface area (Å²) in [4.78, 5) is 21.8. The molecule has 0 radical (unpaired) electrons. The Balaban J connectivity index is 2.36. The third-order valence-corrected chi connectivity index (χ3v) is 4.80. The van der Waals surface area contributed by atoms with Gasteiger partial charge in [0.2, 0.25) is 0 Å². The first kappa shape index (κ1) is 20.7. The van der Waals surface area contributed by atoms with Crippen LogP contribution in [-0.4, -0.2) is 41.2 Å². The van der Waals surface area contributed by atoms with Gasteiger partial charge in [-0.3, -0.25) is 9.80 Å². The lowest BCUT2D eigenvalue weighted by atomic mass is 9.95. The fraction of sp³-hybridized carbons (Fsp3) is 0.714. The number of anilines is 1. The van der Waals surface area contributed by atoms with Crippen LogP contribution in [0.1, 0.15) is 78.3 Å². The van der Waals surface area contributed by atoms with E-state index in [1.54, 1.807) is 11.1 Å². The number of nitrogens with zero attached hydrogens (tertiary/aromatic N) is 3. The van der Waals surface area contributed by atoms with Crippen molar-refractivity contribution < 1.29 is 9.53 Å². The lowest BCUT2D eigenvalue weighted by molar-refractivity contribution is 0.0577. The molecule has 1 fully saturated rings. The smallest absolute Gasteiger partial charge is 0.416 e. The van der Waals surface area contributed by atoms with Gasteiger partial charge >= 0.3 is 6.09 Å². The summed E-state index contributed by atoms with van der Waals surface area (Å²) >= 11 is 0. The Kier molecular flexibility index (Phi) is 7.44. The van der Waals surface area contributed by atoms with E-state index in [4.69, 9.17) is 4.74 Å². The predicted molar refractivity (Wildman–Crippen MR) is 107 cm³/mol. The molecule has 5 nitrogen and oxygen atoms in total. The Bertz CT molecular complexity index is 583. The maximum atomic E-state index is 12.9. The molecule has 1 saturated heterocycles. The molecular weight excluding hydrogens is 326 g/mol. The van der Waals surface area contributed by atoms with Crippen molar-refractivity contribution in [3.63, 3.8) is 0 Å². The predicted octanol–water partition coefficient (Wildman–Crippen LogP) is 5.17. The Morgan fingerprint density at radius 3 is 2.77 bits per heavy atom. The Morgan fingerprint density at radius 1 is 1.35 bits per heavy atom. The minimum Gasteiger partial charge on any atom is -0.443 e. The van der Waals surface area contributed by atoms with Crippen molar-refractivity contribution in [1.82, 2.24) is 9.88 Å². The highest BCUT2D eigenvalue weighted by Gasteiger charge is 2.30. The molecule has 2 rings (SSSR count). The van der Waals surface area contributed by atoms with E-state index < -0.39 is 5.60 Å². The molecule has 0 bridgehead atoms. The van der Waals surface area contributed by atoms with Gasteiger partial charge in [-0.2, -0.15) is 0 Å². The number of pyridine rings is 1. The van der Waals surface area contributed by atoms with E-state index in [0.717, 1.165) is 43.7 Å². The molecule has 0 spiro atoms. The van der Waals surface area contributed by atoms with Crippen LogP contribution in [0.5, 0.6) is 0 Å². The molecule has 26 heavy (non-hydrogen) atoms. The zero-order chi connectivity index (χ0) is 19.2. The highest BCUT2D eigenvalue weighted by molar-refractivity contribution is 5.87. The molecule has 0 N–H and O–H groups in total. The van der Waals surface area contributed by atoms with E-state index >= 15 is 0 Å². The molecule has 1 amide bonds. The van der Waals surface area contributed by atoms with Gasteiger partial charge in [0.1, 0.15) is 11.4 Å². The Hall–Kier alpha value is -1.62. The van der Waals surface area contributed by atoms with Gasteiger partial charge in [-0.05, 0) is 59.2 Å². The number of piperidine rings is 1. The van der Waals surface area contributed by atoms with E-state index in [1.165, 1.54) is 12.8 Å². The van der Waals surface area contributed by atoms with Crippen molar-refractivity contribution in [2.75, 3.05) is 24.5 Å². The maximum Gasteiger partial charge on any atom is 0.416 e. The number of ether oxygens (including phenoxy) is 1. The summed E-state index contributed by atoms with van der Waals surface area (Å²) in [5.41, 5.74) is 0.632. The summed E-state index contributed by atoms with van der Waals surface area (Å²) in [6.07, 6.45) is 7.00. The first-order valence-electron chi connectivity index (χ1n) is 10.1. The molecule has 0 aliphatic carbocycles. The summed E-state index contributed by atoms with van der Waals surface area (Å²) in [5, 5.41) is 0. The molecule has 1 atom stereocenters. The van der Waals surface area contributed by atoms with Gasteiger partial charge in [0.15, 0.2) is 0 Å². The second-order valence-corrected chi connectivity index (χ2v) is 8.04. The third kappa shape index (κ3) is 5.44. The number of rotatable bonds is 6. The molecule has 0 saturated carbocycles. The van der Waals surface area contributed by atoms with Crippen LogP contribution in [0.3, 0.4) is 0 Å². The van der Waals surface area contributed by atoms with Crippen molar-refractivity contribution in [1.29, 1.82) is 0 Å². The van der Waals surface area contributed by atoms with Gasteiger partial charge in [0.05, 0.1) is 0 Å². The largest absolute Gasteiger partial charge is 0.443 e. The second-order valence-electron chi connectivity index (χ2n) is 8.04. The zero-order valence-electron chi connectivity index (χ0n) is 17.1. The fourth-order valence-corrected chi connectivity index (χ4v) is 3.53. The SMILES string of the molecule is CCCCN(C(=O)OC(C)(C)C)c1ncccc1[C@H]1CCCCN1CC. The molecule has 1 aliphatic heterocycles. The van der Waals surface area contributed by atoms with E-state index in [-0.39, 0.29) is 6.09 Å². The van der Waals surface area contributed by atoms with E-state index in [9.17, 15) is 4.79 Å². The van der Waals surface area contributed by atoms with Crippen LogP contribution in [0.15, 0.2) is 18.3 Å². The molecular formula is C21H35N3O2. The monoisotopic (exact) mass is 361 g/mol. The maximum absolute atomic E-state index is 12.9. The molecule has 1 aliphatic rings. The second kappa shape index (κ2) is 9.36. The molecule has 146 valence electrons. The van der Waals surface area contributed by atoms with Crippen molar-refractivity contribution in [2.45, 2.75) is 78.4 Å². The molecule has 5 heteroatoms. The average Bonchev–Trinajstić information content (AvgIpc) is 2.61. The quantitative estimate of drug-likeness (QED) is 0.701. The number of carbonyl (C=O) groups is 1. The highest BCUT2D eigenvalue weighted by Crippen LogP contribution is 2.35. The molecule has 2 heterocycles. The zero-order valence-corrected chi connectivity index (χ0v) is 17.1. The van der Waals surface area contributed by atoms with Crippen LogP contribution in [0.25, 0.3) is 0 Å². The fourth-order valence-electron chi connectivity index (χ4n) is 3.53. The van der Waals surface area contributed by atoms with Crippen LogP contribution in [-0.2, 0) is 4.74 Å². The normalized spacial score (nSPS) is 18.6. The van der Waals surface area contributed by atoms with Crippen molar-refractivity contribution in [3.8, 4) is 0 Å². The summed E-state index contributed by atoms with van der Waals surface area (Å²) in [6, 6.07) is 4.43. The third-order valence-electron chi connectivity index (χ3n) is 4.80. The summed E-state index contributed by atoms with van der Waals surface area (Å²) in [5.74, 6) is 0.764. The summed E-state index contributed by atoms with van der Waals surface area (Å²) in [7, 11) is 0. The number of unbranched alkanes of at least 4 members (excludes halogenated alkanes) is 1. The summed E-state index contributed by atoms with van der Waals surface area (Å²) in [6.45, 7) is 12.8. The molecule has 1 aromatic heterocycles. The number of amides is 1. The van der Waals surface area contributed by atoms with Gasteiger partial charge in [-0.25, -0.2) is 9.78 Å². The number of carbonyl (C=O) groups excluding carboxylic acids is 1. The summed E-state index contributed by atoms with van der Waals surface area (Å²) < 4.78 is 5.68. The highest BCUT2D eigenvalue weighted by atomic mass is 16.6. The first-order chi connectivity index (χ1) is 12.4. The Morgan fingerprint density at radius 2 is 2.12 bits per heavy atom. The minimum absolute atomic E-state index is 0.301. The standard InChI is InChI=1S/C21H35N3O2/c1-6-8-16-24(20(25)26-21(3,4)5)19-17(12-11-14-22-19)18-13-9-10-15-23(18)7-2/h11-12,14,18H,6-10,13,15-16H2,1-5H3/t18-/m1/s1. The lowest BCUT2D eigenvalue weighted by Gasteiger charge is -2.37. The molecule has 0 aromatic carbocycles. The van der Waals surface area contributed by atoms with Crippen LogP contribution in [0, 0.1) is 0 Å². The van der Waals surface area contributed by atoms with Crippen molar-refractivity contribution in [2.24, 2.45) is 0 Å². The minimum atomic E-state index is -0.517. The average molecular weight is 362 g/mol. The first-order valence-corrected chi connectivity index (χ1v) is 10.1. The van der Waals surface area contributed by atoms with Gasteiger partial charge in [-0.15, -0.1) is 0 Å². The number of aromatic nitrogens is 1. The van der Waals surface area contributed by atoms with Gasteiger partial charge in [0.25, 0.3) is 0 Å². The van der Waals surface area contributed by atoms with Gasteiger partial charge in [-0.1, -0.05) is 32.8 Å². The van der Waals surface area contributed by atoms with Crippen molar-refractivity contribution in [3.05, 3.63) is 23.9 Å². The topological polar surface area (TPSA) is 45.7 Å². The van der Waals surface area contributed by atoms with E-state index in [0.29, 0.717) is 12.6 Å². The van der Waals surface area contributed by atoms with Crippen LogP contribution in [0.4, 0.5) is 10.6 Å². The van der Waals surface area contributed by atoms with Gasteiger partial charge < -0.3 is 4.74 Å². The van der Waals surface area contributed by atoms with Crippen molar-refractivity contribution >= 4 is 11.9 Å². The molecule has 1 aromatic rings. The van der Waals surface area contributed by atoms with Gasteiger partial charge in [0, 0.05) is 24.3 Å². The molecule has 0 unspecified atom stereocenters. The Labute approximate surface area is 158 Å². The van der Waals surface area contributed by atoms with E-state index in [2.05, 4.69) is 29.8 Å².